The van der Waals surface area contributed by atoms with Crippen molar-refractivity contribution in [3.8, 4) is 0 Å². The lowest BCUT2D eigenvalue weighted by Gasteiger charge is -2.27. The van der Waals surface area contributed by atoms with Crippen molar-refractivity contribution in [1.82, 2.24) is 19.9 Å². The van der Waals surface area contributed by atoms with Gasteiger partial charge in [-0.1, -0.05) is 55.0 Å². The fourth-order valence-corrected chi connectivity index (χ4v) is 4.65. The molecule has 1 aromatic carbocycles. The molecule has 2 fully saturated rings. The summed E-state index contributed by atoms with van der Waals surface area (Å²) in [4.78, 5) is 14.7. The van der Waals surface area contributed by atoms with E-state index in [1.54, 1.807) is 16.9 Å². The van der Waals surface area contributed by atoms with Gasteiger partial charge in [0.15, 0.2) is 5.69 Å². The maximum Gasteiger partial charge on any atom is 0.276 e. The van der Waals surface area contributed by atoms with Gasteiger partial charge in [0.25, 0.3) is 5.91 Å². The molecular weight excluding hydrogens is 367 g/mol. The molecule has 4 rings (SSSR count). The highest BCUT2D eigenvalue weighted by Gasteiger charge is 2.33. The first-order valence-electron chi connectivity index (χ1n) is 9.73. The van der Waals surface area contributed by atoms with Gasteiger partial charge in [0.05, 0.1) is 12.7 Å². The Labute approximate surface area is 163 Å². The maximum absolute atomic E-state index is 13.2. The standard InChI is InChI=1S/C20H24ClFN4O/c21-18-10-17(22)7-6-16(18)12-26-13-19(23-24-26)20(27)25-9-8-15(11-25)14-4-2-1-3-5-14/h6-7,10,13-15H,1-5,8-9,11-12H2. The van der Waals surface area contributed by atoms with Crippen LogP contribution in [0.5, 0.6) is 0 Å². The summed E-state index contributed by atoms with van der Waals surface area (Å²) in [7, 11) is 0. The van der Waals surface area contributed by atoms with E-state index in [-0.39, 0.29) is 11.7 Å². The highest BCUT2D eigenvalue weighted by atomic mass is 35.5. The van der Waals surface area contributed by atoms with Crippen molar-refractivity contribution in [1.29, 1.82) is 0 Å². The summed E-state index contributed by atoms with van der Waals surface area (Å²) < 4.78 is 14.7. The first-order chi connectivity index (χ1) is 13.1. The number of hydrogen-bond donors (Lipinski definition) is 0. The smallest absolute Gasteiger partial charge is 0.276 e. The second-order valence-corrected chi connectivity index (χ2v) is 8.14. The first kappa shape index (κ1) is 18.4. The van der Waals surface area contributed by atoms with Gasteiger partial charge >= 0.3 is 0 Å². The van der Waals surface area contributed by atoms with Crippen LogP contribution in [0.2, 0.25) is 5.02 Å². The van der Waals surface area contributed by atoms with Crippen molar-refractivity contribution < 1.29 is 9.18 Å². The monoisotopic (exact) mass is 390 g/mol. The van der Waals surface area contributed by atoms with Crippen LogP contribution in [0.15, 0.2) is 24.4 Å². The average molecular weight is 391 g/mol. The number of aromatic nitrogens is 3. The van der Waals surface area contributed by atoms with Crippen molar-refractivity contribution in [3.05, 3.63) is 46.5 Å². The van der Waals surface area contributed by atoms with Gasteiger partial charge in [0.1, 0.15) is 5.82 Å². The lowest BCUT2D eigenvalue weighted by Crippen LogP contribution is -2.30. The number of benzene rings is 1. The second kappa shape index (κ2) is 7.97. The number of likely N-dealkylation sites (tertiary alicyclic amines) is 1. The van der Waals surface area contributed by atoms with Gasteiger partial charge in [-0.15, -0.1) is 5.10 Å². The summed E-state index contributed by atoms with van der Waals surface area (Å²) in [6, 6.07) is 4.26. The first-order valence-corrected chi connectivity index (χ1v) is 10.1. The molecule has 0 radical (unpaired) electrons. The Balaban J connectivity index is 1.38. The topological polar surface area (TPSA) is 51.0 Å². The zero-order valence-electron chi connectivity index (χ0n) is 15.3. The predicted molar refractivity (Wildman–Crippen MR) is 101 cm³/mol. The SMILES string of the molecule is O=C(c1cn(Cc2ccc(F)cc2Cl)nn1)N1CCC(C2CCCCC2)C1. The van der Waals surface area contributed by atoms with Gasteiger partial charge in [0.2, 0.25) is 0 Å². The van der Waals surface area contributed by atoms with Crippen LogP contribution in [-0.2, 0) is 6.54 Å². The van der Waals surface area contributed by atoms with E-state index in [9.17, 15) is 9.18 Å². The van der Waals surface area contributed by atoms with Crippen molar-refractivity contribution in [2.45, 2.75) is 45.1 Å². The third-order valence-electron chi connectivity index (χ3n) is 5.93. The average Bonchev–Trinajstić information content (AvgIpc) is 3.34. The lowest BCUT2D eigenvalue weighted by atomic mass is 9.80. The third-order valence-corrected chi connectivity index (χ3v) is 6.29. The van der Waals surface area contributed by atoms with E-state index in [1.165, 1.54) is 44.2 Å². The van der Waals surface area contributed by atoms with Gasteiger partial charge in [-0.05, 0) is 36.0 Å². The molecule has 2 aliphatic rings. The van der Waals surface area contributed by atoms with E-state index in [0.29, 0.717) is 23.2 Å². The van der Waals surface area contributed by atoms with Gasteiger partial charge in [-0.2, -0.15) is 0 Å². The minimum Gasteiger partial charge on any atom is -0.337 e. The highest BCUT2D eigenvalue weighted by Crippen LogP contribution is 2.35. The lowest BCUT2D eigenvalue weighted by molar-refractivity contribution is 0.0773. The molecule has 1 aliphatic carbocycles. The molecule has 1 amide bonds. The van der Waals surface area contributed by atoms with Crippen LogP contribution in [0.3, 0.4) is 0 Å². The summed E-state index contributed by atoms with van der Waals surface area (Å²) in [6.07, 6.45) is 9.37. The summed E-state index contributed by atoms with van der Waals surface area (Å²) in [5.74, 6) is 0.972. The van der Waals surface area contributed by atoms with Crippen molar-refractivity contribution >= 4 is 17.5 Å². The summed E-state index contributed by atoms with van der Waals surface area (Å²) >= 11 is 6.07. The Morgan fingerprint density at radius 1 is 1.19 bits per heavy atom. The minimum absolute atomic E-state index is 0.0511. The summed E-state index contributed by atoms with van der Waals surface area (Å²) in [6.45, 7) is 1.99. The van der Waals surface area contributed by atoms with Crippen molar-refractivity contribution in [3.63, 3.8) is 0 Å². The molecule has 1 aliphatic heterocycles. The Morgan fingerprint density at radius 2 is 2.00 bits per heavy atom. The van der Waals surface area contributed by atoms with E-state index < -0.39 is 0 Å². The van der Waals surface area contributed by atoms with E-state index in [4.69, 9.17) is 11.6 Å². The predicted octanol–water partition coefficient (Wildman–Crippen LogP) is 4.16. The Kier molecular flexibility index (Phi) is 5.43. The number of nitrogens with zero attached hydrogens (tertiary/aromatic N) is 4. The molecule has 1 saturated carbocycles. The van der Waals surface area contributed by atoms with Crippen LogP contribution >= 0.6 is 11.6 Å². The largest absolute Gasteiger partial charge is 0.337 e. The van der Waals surface area contributed by atoms with Gasteiger partial charge < -0.3 is 4.90 Å². The van der Waals surface area contributed by atoms with Gasteiger partial charge in [-0.3, -0.25) is 4.79 Å². The van der Waals surface area contributed by atoms with E-state index >= 15 is 0 Å². The van der Waals surface area contributed by atoms with Crippen LogP contribution < -0.4 is 0 Å². The van der Waals surface area contributed by atoms with E-state index in [2.05, 4.69) is 10.3 Å². The molecule has 1 saturated heterocycles. The van der Waals surface area contributed by atoms with Crippen LogP contribution in [0.4, 0.5) is 4.39 Å². The summed E-state index contributed by atoms with van der Waals surface area (Å²) in [5, 5.41) is 8.43. The third kappa shape index (κ3) is 4.15. The molecular formula is C20H24ClFN4O. The molecule has 1 unspecified atom stereocenters. The van der Waals surface area contributed by atoms with E-state index in [0.717, 1.165) is 31.0 Å². The normalized spacial score (nSPS) is 21.0. The molecule has 1 atom stereocenters. The molecule has 0 bridgehead atoms. The van der Waals surface area contributed by atoms with Crippen LogP contribution in [0.25, 0.3) is 0 Å². The summed E-state index contributed by atoms with van der Waals surface area (Å²) in [5.41, 5.74) is 1.10. The molecule has 5 nitrogen and oxygen atoms in total. The molecule has 7 heteroatoms. The number of rotatable bonds is 4. The number of carbonyl (C=O) groups is 1. The van der Waals surface area contributed by atoms with Crippen molar-refractivity contribution in [2.75, 3.05) is 13.1 Å². The number of halogens is 2. The fraction of sp³-hybridized carbons (Fsp3) is 0.550. The molecule has 2 heterocycles. The van der Waals surface area contributed by atoms with Crippen molar-refractivity contribution in [2.24, 2.45) is 11.8 Å². The highest BCUT2D eigenvalue weighted by molar-refractivity contribution is 6.31. The van der Waals surface area contributed by atoms with Gasteiger partial charge in [-0.25, -0.2) is 9.07 Å². The molecule has 0 N–H and O–H groups in total. The maximum atomic E-state index is 13.2. The Morgan fingerprint density at radius 3 is 2.78 bits per heavy atom. The Bertz CT molecular complexity index is 818. The number of amides is 1. The zero-order valence-corrected chi connectivity index (χ0v) is 16.0. The second-order valence-electron chi connectivity index (χ2n) is 7.74. The van der Waals surface area contributed by atoms with E-state index in [1.807, 2.05) is 4.90 Å². The quantitative estimate of drug-likeness (QED) is 0.787. The molecule has 144 valence electrons. The number of hydrogen-bond acceptors (Lipinski definition) is 3. The fourth-order valence-electron chi connectivity index (χ4n) is 4.42. The van der Waals surface area contributed by atoms with Crippen LogP contribution in [0.1, 0.15) is 54.6 Å². The van der Waals surface area contributed by atoms with Gasteiger partial charge in [0, 0.05) is 18.1 Å². The molecule has 0 spiro atoms. The molecule has 1 aromatic heterocycles. The number of carbonyl (C=O) groups excluding carboxylic acids is 1. The molecule has 2 aromatic rings. The Hall–Kier alpha value is -1.95. The van der Waals surface area contributed by atoms with Crippen LogP contribution in [-0.4, -0.2) is 38.9 Å². The van der Waals surface area contributed by atoms with Crippen LogP contribution in [0, 0.1) is 17.7 Å². The minimum atomic E-state index is -0.375. The zero-order chi connectivity index (χ0) is 18.8. The molecule has 27 heavy (non-hydrogen) atoms.